The minimum absolute atomic E-state index is 0.206. The first-order valence-corrected chi connectivity index (χ1v) is 7.46. The fourth-order valence-corrected chi connectivity index (χ4v) is 2.55. The minimum atomic E-state index is -0.873. The number of nitrogens with zero attached hydrogens (tertiary/aromatic N) is 1. The molecule has 1 aliphatic heterocycles. The molecule has 7 heteroatoms. The van der Waals surface area contributed by atoms with Gasteiger partial charge in [-0.15, -0.1) is 0 Å². The van der Waals surface area contributed by atoms with Gasteiger partial charge >= 0.3 is 12.0 Å². The fourth-order valence-electron chi connectivity index (χ4n) is 2.30. The first-order chi connectivity index (χ1) is 9.97. The Bertz CT molecular complexity index is 553. The van der Waals surface area contributed by atoms with Crippen molar-refractivity contribution in [2.45, 2.75) is 19.4 Å². The van der Waals surface area contributed by atoms with Crippen LogP contribution in [0, 0.1) is 11.7 Å². The first kappa shape index (κ1) is 15.8. The van der Waals surface area contributed by atoms with E-state index < -0.39 is 11.9 Å². The van der Waals surface area contributed by atoms with E-state index in [0.717, 1.165) is 0 Å². The van der Waals surface area contributed by atoms with E-state index in [9.17, 15) is 14.0 Å². The normalized spacial score (nSPS) is 18.4. The van der Waals surface area contributed by atoms with E-state index in [1.807, 2.05) is 0 Å². The van der Waals surface area contributed by atoms with Crippen LogP contribution in [0.4, 0.5) is 9.18 Å². The van der Waals surface area contributed by atoms with E-state index in [4.69, 9.17) is 5.11 Å². The summed E-state index contributed by atoms with van der Waals surface area (Å²) in [6, 6.07) is 4.33. The highest BCUT2D eigenvalue weighted by Gasteiger charge is 2.27. The Morgan fingerprint density at radius 2 is 2.24 bits per heavy atom. The summed E-state index contributed by atoms with van der Waals surface area (Å²) in [7, 11) is 0. The summed E-state index contributed by atoms with van der Waals surface area (Å²) in [6.07, 6.45) is 1.27. The number of urea groups is 1. The summed E-state index contributed by atoms with van der Waals surface area (Å²) >= 11 is 3.07. The Morgan fingerprint density at radius 3 is 2.90 bits per heavy atom. The molecule has 0 spiro atoms. The van der Waals surface area contributed by atoms with Gasteiger partial charge in [0.1, 0.15) is 5.82 Å². The molecule has 0 bridgehead atoms. The molecule has 1 aromatic rings. The van der Waals surface area contributed by atoms with Gasteiger partial charge < -0.3 is 15.3 Å². The number of likely N-dealkylation sites (tertiary alicyclic amines) is 1. The van der Waals surface area contributed by atoms with Crippen molar-refractivity contribution in [1.29, 1.82) is 0 Å². The van der Waals surface area contributed by atoms with E-state index in [1.54, 1.807) is 12.1 Å². The molecule has 21 heavy (non-hydrogen) atoms. The van der Waals surface area contributed by atoms with Crippen LogP contribution in [0.2, 0.25) is 0 Å². The van der Waals surface area contributed by atoms with Crippen molar-refractivity contribution in [3.63, 3.8) is 0 Å². The monoisotopic (exact) mass is 358 g/mol. The number of aliphatic carboxylic acids is 1. The molecule has 0 saturated carbocycles. The summed E-state index contributed by atoms with van der Waals surface area (Å²) in [4.78, 5) is 24.5. The molecule has 1 atom stereocenters. The van der Waals surface area contributed by atoms with E-state index in [2.05, 4.69) is 21.2 Å². The number of carbonyl (C=O) groups is 2. The Hall–Kier alpha value is -1.63. The Labute approximate surface area is 130 Å². The summed E-state index contributed by atoms with van der Waals surface area (Å²) in [5, 5.41) is 11.7. The lowest BCUT2D eigenvalue weighted by Crippen LogP contribution is -2.46. The largest absolute Gasteiger partial charge is 0.481 e. The van der Waals surface area contributed by atoms with E-state index in [1.165, 1.54) is 11.0 Å². The maximum Gasteiger partial charge on any atom is 0.317 e. The lowest BCUT2D eigenvalue weighted by atomic mass is 9.99. The van der Waals surface area contributed by atoms with Gasteiger partial charge in [0, 0.05) is 19.6 Å². The van der Waals surface area contributed by atoms with Gasteiger partial charge in [0.25, 0.3) is 0 Å². The van der Waals surface area contributed by atoms with Crippen molar-refractivity contribution < 1.29 is 19.1 Å². The van der Waals surface area contributed by atoms with Crippen molar-refractivity contribution in [1.82, 2.24) is 10.2 Å². The predicted octanol–water partition coefficient (Wildman–Crippen LogP) is 2.59. The predicted molar refractivity (Wildman–Crippen MR) is 78.3 cm³/mol. The van der Waals surface area contributed by atoms with Crippen LogP contribution in [-0.2, 0) is 11.3 Å². The molecule has 0 radical (unpaired) electrons. The molecule has 114 valence electrons. The van der Waals surface area contributed by atoms with Gasteiger partial charge in [-0.3, -0.25) is 4.79 Å². The fraction of sp³-hybridized carbons (Fsp3) is 0.429. The van der Waals surface area contributed by atoms with Crippen LogP contribution in [-0.4, -0.2) is 35.1 Å². The highest BCUT2D eigenvalue weighted by molar-refractivity contribution is 9.10. The number of rotatable bonds is 3. The number of carboxylic acid groups (broad SMARTS) is 1. The van der Waals surface area contributed by atoms with Crippen LogP contribution in [0.3, 0.4) is 0 Å². The third-order valence-electron chi connectivity index (χ3n) is 3.49. The van der Waals surface area contributed by atoms with E-state index in [0.29, 0.717) is 29.4 Å². The average Bonchev–Trinajstić information content (AvgIpc) is 2.48. The van der Waals surface area contributed by atoms with Crippen LogP contribution in [0.1, 0.15) is 18.4 Å². The zero-order chi connectivity index (χ0) is 15.4. The lowest BCUT2D eigenvalue weighted by molar-refractivity contribution is -0.143. The molecule has 1 fully saturated rings. The zero-order valence-corrected chi connectivity index (χ0v) is 12.9. The van der Waals surface area contributed by atoms with Crippen LogP contribution < -0.4 is 5.32 Å². The number of hydrogen-bond donors (Lipinski definition) is 2. The molecule has 0 aromatic heterocycles. The van der Waals surface area contributed by atoms with E-state index >= 15 is 0 Å². The minimum Gasteiger partial charge on any atom is -0.481 e. The third kappa shape index (κ3) is 4.17. The summed E-state index contributed by atoms with van der Waals surface area (Å²) in [5.74, 6) is -1.76. The molecular weight excluding hydrogens is 343 g/mol. The number of carboxylic acids is 1. The molecule has 2 rings (SSSR count). The second-order valence-electron chi connectivity index (χ2n) is 5.03. The number of piperidine rings is 1. The second kappa shape index (κ2) is 6.89. The van der Waals surface area contributed by atoms with Crippen molar-refractivity contribution in [3.05, 3.63) is 34.1 Å². The number of hydrogen-bond acceptors (Lipinski definition) is 2. The Morgan fingerprint density at radius 1 is 1.48 bits per heavy atom. The Balaban J connectivity index is 1.89. The topological polar surface area (TPSA) is 69.6 Å². The summed E-state index contributed by atoms with van der Waals surface area (Å²) in [5.41, 5.74) is 0.649. The number of nitrogens with one attached hydrogen (secondary N) is 1. The zero-order valence-electron chi connectivity index (χ0n) is 11.3. The van der Waals surface area contributed by atoms with Gasteiger partial charge in [0.05, 0.1) is 10.4 Å². The van der Waals surface area contributed by atoms with Gasteiger partial charge in [-0.25, -0.2) is 9.18 Å². The molecular formula is C14H16BrFN2O3. The van der Waals surface area contributed by atoms with Gasteiger partial charge in [0.15, 0.2) is 0 Å². The second-order valence-corrected chi connectivity index (χ2v) is 5.88. The Kier molecular flexibility index (Phi) is 5.17. The molecule has 5 nitrogen and oxygen atoms in total. The summed E-state index contributed by atoms with van der Waals surface area (Å²) in [6.45, 7) is 0.970. The molecule has 0 aliphatic carbocycles. The van der Waals surface area contributed by atoms with Crippen molar-refractivity contribution in [3.8, 4) is 0 Å². The molecule has 2 amide bonds. The third-order valence-corrected chi connectivity index (χ3v) is 4.13. The standard InChI is InChI=1S/C14H16BrFN2O3/c15-11-4-3-9(6-12(11)16)7-17-14(21)18-5-1-2-10(8-18)13(19)20/h3-4,6,10H,1-2,5,7-8H2,(H,17,21)(H,19,20). The molecule has 2 N–H and O–H groups in total. The quantitative estimate of drug-likeness (QED) is 0.872. The number of carbonyl (C=O) groups excluding carboxylic acids is 1. The van der Waals surface area contributed by atoms with Crippen LogP contribution in [0.5, 0.6) is 0 Å². The van der Waals surface area contributed by atoms with Crippen LogP contribution in [0.25, 0.3) is 0 Å². The maximum absolute atomic E-state index is 13.4. The SMILES string of the molecule is O=C(O)C1CCCN(C(=O)NCc2ccc(Br)c(F)c2)C1. The van der Waals surface area contributed by atoms with Gasteiger partial charge in [-0.05, 0) is 46.5 Å². The van der Waals surface area contributed by atoms with Crippen molar-refractivity contribution in [2.75, 3.05) is 13.1 Å². The highest BCUT2D eigenvalue weighted by atomic mass is 79.9. The van der Waals surface area contributed by atoms with Gasteiger partial charge in [-0.1, -0.05) is 6.07 Å². The molecule has 1 saturated heterocycles. The lowest BCUT2D eigenvalue weighted by Gasteiger charge is -2.30. The number of halogens is 2. The molecule has 1 aliphatic rings. The average molecular weight is 359 g/mol. The smallest absolute Gasteiger partial charge is 0.317 e. The van der Waals surface area contributed by atoms with Crippen LogP contribution in [0.15, 0.2) is 22.7 Å². The number of amides is 2. The first-order valence-electron chi connectivity index (χ1n) is 6.67. The van der Waals surface area contributed by atoms with Crippen LogP contribution >= 0.6 is 15.9 Å². The van der Waals surface area contributed by atoms with E-state index in [-0.39, 0.29) is 24.9 Å². The summed E-state index contributed by atoms with van der Waals surface area (Å²) < 4.78 is 13.7. The molecule has 1 aromatic carbocycles. The maximum atomic E-state index is 13.4. The highest BCUT2D eigenvalue weighted by Crippen LogP contribution is 2.18. The molecule has 1 heterocycles. The van der Waals surface area contributed by atoms with Crippen molar-refractivity contribution >= 4 is 27.9 Å². The van der Waals surface area contributed by atoms with Crippen molar-refractivity contribution in [2.24, 2.45) is 5.92 Å². The number of benzene rings is 1. The molecule has 1 unspecified atom stereocenters. The van der Waals surface area contributed by atoms with Gasteiger partial charge in [-0.2, -0.15) is 0 Å². The van der Waals surface area contributed by atoms with Gasteiger partial charge in [0.2, 0.25) is 0 Å².